The van der Waals surface area contributed by atoms with Gasteiger partial charge in [-0.3, -0.25) is 20.2 Å². The Balaban J connectivity index is 1.88. The zero-order valence-corrected chi connectivity index (χ0v) is 14.5. The zero-order valence-electron chi connectivity index (χ0n) is 14.5. The highest BCUT2D eigenvalue weighted by Gasteiger charge is 2.42. The number of fused-ring (bicyclic) bond motifs is 3. The van der Waals surface area contributed by atoms with Crippen LogP contribution in [0.2, 0.25) is 0 Å². The standard InChI is InChI=1S/C19H17N3O5/c1-27-17-10-11(21(23)24)9-15-12-6-4-7-13(12)18(20-19(15)17)14-5-2-3-8-16(14)22(25)26/h2-6,8-10,12-13,18,20H,7H2,1H3/t12-,13+,18-/m0/s1. The first kappa shape index (κ1) is 17.0. The Morgan fingerprint density at radius 2 is 1.89 bits per heavy atom. The summed E-state index contributed by atoms with van der Waals surface area (Å²) in [6.45, 7) is 0. The van der Waals surface area contributed by atoms with Gasteiger partial charge in [-0.25, -0.2) is 0 Å². The average Bonchev–Trinajstić information content (AvgIpc) is 3.16. The highest BCUT2D eigenvalue weighted by atomic mass is 16.6. The predicted octanol–water partition coefficient (Wildman–Crippen LogP) is 4.34. The maximum atomic E-state index is 11.5. The Kier molecular flexibility index (Phi) is 4.02. The Labute approximate surface area is 154 Å². The maximum Gasteiger partial charge on any atom is 0.274 e. The maximum absolute atomic E-state index is 11.5. The van der Waals surface area contributed by atoms with E-state index in [1.54, 1.807) is 24.3 Å². The molecule has 1 aliphatic heterocycles. The van der Waals surface area contributed by atoms with Gasteiger partial charge < -0.3 is 10.1 Å². The van der Waals surface area contributed by atoms with E-state index < -0.39 is 4.92 Å². The van der Waals surface area contributed by atoms with E-state index in [1.807, 2.05) is 12.2 Å². The highest BCUT2D eigenvalue weighted by molar-refractivity contribution is 5.71. The van der Waals surface area contributed by atoms with Crippen LogP contribution in [-0.4, -0.2) is 17.0 Å². The van der Waals surface area contributed by atoms with E-state index in [4.69, 9.17) is 4.74 Å². The zero-order chi connectivity index (χ0) is 19.1. The molecule has 1 N–H and O–H groups in total. The van der Waals surface area contributed by atoms with Gasteiger partial charge in [0.15, 0.2) is 0 Å². The fourth-order valence-corrected chi connectivity index (χ4v) is 4.14. The number of nitrogens with one attached hydrogen (secondary N) is 1. The number of anilines is 1. The molecule has 27 heavy (non-hydrogen) atoms. The van der Waals surface area contributed by atoms with Gasteiger partial charge in [-0.2, -0.15) is 0 Å². The predicted molar refractivity (Wildman–Crippen MR) is 99.1 cm³/mol. The van der Waals surface area contributed by atoms with Gasteiger partial charge in [0.05, 0.1) is 40.3 Å². The van der Waals surface area contributed by atoms with Crippen molar-refractivity contribution in [3.8, 4) is 5.75 Å². The number of nitrogens with zero attached hydrogens (tertiary/aromatic N) is 2. The van der Waals surface area contributed by atoms with Crippen LogP contribution >= 0.6 is 0 Å². The van der Waals surface area contributed by atoms with Crippen LogP contribution in [-0.2, 0) is 0 Å². The van der Waals surface area contributed by atoms with Crippen LogP contribution in [0.15, 0.2) is 48.6 Å². The number of para-hydroxylation sites is 1. The molecule has 0 spiro atoms. The lowest BCUT2D eigenvalue weighted by Crippen LogP contribution is -2.30. The largest absolute Gasteiger partial charge is 0.494 e. The Morgan fingerprint density at radius 3 is 2.59 bits per heavy atom. The SMILES string of the molecule is COc1cc([N+](=O)[O-])cc2c1N[C@H](c1ccccc1[N+](=O)[O-])[C@@H]1CC=C[C@H]21. The lowest BCUT2D eigenvalue weighted by molar-refractivity contribution is -0.385. The normalized spacial score (nSPS) is 22.5. The Hall–Kier alpha value is -3.42. The molecule has 2 aliphatic rings. The van der Waals surface area contributed by atoms with Crippen molar-refractivity contribution in [1.82, 2.24) is 0 Å². The number of benzene rings is 2. The van der Waals surface area contributed by atoms with Gasteiger partial charge in [0, 0.05) is 18.1 Å². The van der Waals surface area contributed by atoms with E-state index in [-0.39, 0.29) is 34.2 Å². The third-order valence-corrected chi connectivity index (χ3v) is 5.32. The highest BCUT2D eigenvalue weighted by Crippen LogP contribution is 2.54. The van der Waals surface area contributed by atoms with Crippen molar-refractivity contribution >= 4 is 17.1 Å². The number of non-ortho nitro benzene ring substituents is 1. The van der Waals surface area contributed by atoms with E-state index in [0.29, 0.717) is 17.0 Å². The van der Waals surface area contributed by atoms with Gasteiger partial charge >= 0.3 is 0 Å². The van der Waals surface area contributed by atoms with Crippen LogP contribution in [0.25, 0.3) is 0 Å². The fourth-order valence-electron chi connectivity index (χ4n) is 4.14. The fraction of sp³-hybridized carbons (Fsp3) is 0.263. The van der Waals surface area contributed by atoms with Gasteiger partial charge in [0.1, 0.15) is 5.75 Å². The molecule has 8 heteroatoms. The number of hydrogen-bond acceptors (Lipinski definition) is 6. The molecule has 1 aliphatic carbocycles. The summed E-state index contributed by atoms with van der Waals surface area (Å²) < 4.78 is 5.39. The summed E-state index contributed by atoms with van der Waals surface area (Å²) in [7, 11) is 1.46. The number of ether oxygens (including phenoxy) is 1. The topological polar surface area (TPSA) is 108 Å². The minimum absolute atomic E-state index is 0.0319. The second kappa shape index (κ2) is 6.39. The third kappa shape index (κ3) is 2.69. The second-order valence-electron chi connectivity index (χ2n) is 6.66. The van der Waals surface area contributed by atoms with E-state index in [2.05, 4.69) is 5.32 Å². The summed E-state index contributed by atoms with van der Waals surface area (Å²) in [6, 6.07) is 9.33. The van der Waals surface area contributed by atoms with Crippen molar-refractivity contribution in [2.45, 2.75) is 18.4 Å². The van der Waals surface area contributed by atoms with E-state index >= 15 is 0 Å². The van der Waals surface area contributed by atoms with Crippen LogP contribution in [0.1, 0.15) is 29.5 Å². The van der Waals surface area contributed by atoms with Crippen LogP contribution in [0.3, 0.4) is 0 Å². The number of allylic oxidation sites excluding steroid dienone is 2. The van der Waals surface area contributed by atoms with Crippen molar-refractivity contribution in [1.29, 1.82) is 0 Å². The van der Waals surface area contributed by atoms with Crippen molar-refractivity contribution in [2.24, 2.45) is 5.92 Å². The first-order chi connectivity index (χ1) is 13.0. The molecule has 0 unspecified atom stereocenters. The number of nitro benzene ring substituents is 2. The molecule has 3 atom stereocenters. The smallest absolute Gasteiger partial charge is 0.274 e. The molecule has 1 heterocycles. The van der Waals surface area contributed by atoms with E-state index in [1.165, 1.54) is 19.2 Å². The summed E-state index contributed by atoms with van der Waals surface area (Å²) in [5.41, 5.74) is 2.07. The number of hydrogen-bond donors (Lipinski definition) is 1. The van der Waals surface area contributed by atoms with Crippen molar-refractivity contribution in [2.75, 3.05) is 12.4 Å². The molecule has 0 fully saturated rings. The van der Waals surface area contributed by atoms with Crippen LogP contribution < -0.4 is 10.1 Å². The lowest BCUT2D eigenvalue weighted by atomic mass is 9.76. The third-order valence-electron chi connectivity index (χ3n) is 5.32. The molecule has 0 aromatic heterocycles. The molecular formula is C19H17N3O5. The van der Waals surface area contributed by atoms with E-state index in [9.17, 15) is 20.2 Å². The quantitative estimate of drug-likeness (QED) is 0.489. The Bertz CT molecular complexity index is 972. The molecule has 8 nitrogen and oxygen atoms in total. The molecule has 138 valence electrons. The van der Waals surface area contributed by atoms with Gasteiger partial charge in [-0.15, -0.1) is 0 Å². The summed E-state index contributed by atoms with van der Waals surface area (Å²) in [5, 5.41) is 26.2. The monoisotopic (exact) mass is 367 g/mol. The molecule has 0 amide bonds. The van der Waals surface area contributed by atoms with Crippen LogP contribution in [0.5, 0.6) is 5.75 Å². The van der Waals surface area contributed by atoms with Gasteiger partial charge in [0.2, 0.25) is 0 Å². The number of nitro groups is 2. The van der Waals surface area contributed by atoms with Gasteiger partial charge in [-0.05, 0) is 17.9 Å². The second-order valence-corrected chi connectivity index (χ2v) is 6.66. The minimum atomic E-state index is -0.440. The summed E-state index contributed by atoms with van der Waals surface area (Å²) in [4.78, 5) is 22.0. The van der Waals surface area contributed by atoms with Crippen molar-refractivity contribution in [3.63, 3.8) is 0 Å². The number of methoxy groups -OCH3 is 1. The average molecular weight is 367 g/mol. The van der Waals surface area contributed by atoms with Crippen LogP contribution in [0.4, 0.5) is 17.1 Å². The molecular weight excluding hydrogens is 350 g/mol. The molecule has 0 saturated carbocycles. The Morgan fingerprint density at radius 1 is 1.11 bits per heavy atom. The molecule has 2 aromatic rings. The summed E-state index contributed by atoms with van der Waals surface area (Å²) in [5.74, 6) is 0.326. The summed E-state index contributed by atoms with van der Waals surface area (Å²) in [6.07, 6.45) is 4.79. The summed E-state index contributed by atoms with van der Waals surface area (Å²) >= 11 is 0. The molecule has 0 saturated heterocycles. The van der Waals surface area contributed by atoms with Gasteiger partial charge in [-0.1, -0.05) is 30.4 Å². The van der Waals surface area contributed by atoms with Crippen LogP contribution in [0, 0.1) is 26.1 Å². The first-order valence-corrected chi connectivity index (χ1v) is 8.54. The minimum Gasteiger partial charge on any atom is -0.494 e. The first-order valence-electron chi connectivity index (χ1n) is 8.54. The van der Waals surface area contributed by atoms with Gasteiger partial charge in [0.25, 0.3) is 11.4 Å². The van der Waals surface area contributed by atoms with Crippen molar-refractivity contribution in [3.05, 3.63) is 79.9 Å². The molecule has 4 rings (SSSR count). The molecule has 0 bridgehead atoms. The van der Waals surface area contributed by atoms with Crippen molar-refractivity contribution < 1.29 is 14.6 Å². The number of rotatable bonds is 4. The van der Waals surface area contributed by atoms with E-state index in [0.717, 1.165) is 12.0 Å². The molecule has 0 radical (unpaired) electrons. The molecule has 2 aromatic carbocycles. The lowest BCUT2D eigenvalue weighted by Gasteiger charge is -2.37.